The Labute approximate surface area is 193 Å². The summed E-state index contributed by atoms with van der Waals surface area (Å²) in [6, 6.07) is 16.8. The van der Waals surface area contributed by atoms with Crippen molar-refractivity contribution in [2.24, 2.45) is 0 Å². The third kappa shape index (κ3) is 4.26. The Balaban J connectivity index is 1.56. The van der Waals surface area contributed by atoms with E-state index in [1.54, 1.807) is 0 Å². The molecule has 3 aromatic carbocycles. The second kappa shape index (κ2) is 8.91. The summed E-state index contributed by atoms with van der Waals surface area (Å²) in [7, 11) is 0. The molecule has 8 heteroatoms. The van der Waals surface area contributed by atoms with E-state index in [9.17, 15) is 4.79 Å². The molecule has 0 radical (unpaired) electrons. The normalized spacial score (nSPS) is 10.7. The van der Waals surface area contributed by atoms with Crippen molar-refractivity contribution in [2.75, 3.05) is 0 Å². The number of carbonyl (C=O) groups is 1. The zero-order chi connectivity index (χ0) is 22.8. The van der Waals surface area contributed by atoms with Crippen molar-refractivity contribution in [1.82, 2.24) is 10.3 Å². The van der Waals surface area contributed by atoms with Crippen LogP contribution in [0.4, 0.5) is 4.39 Å². The van der Waals surface area contributed by atoms with E-state index < -0.39 is 5.82 Å². The molecule has 0 aliphatic heterocycles. The van der Waals surface area contributed by atoms with Gasteiger partial charge in [0.15, 0.2) is 11.6 Å². The van der Waals surface area contributed by atoms with E-state index in [0.717, 1.165) is 16.5 Å². The Bertz CT molecular complexity index is 1390. The zero-order valence-corrected chi connectivity index (χ0v) is 18.3. The van der Waals surface area contributed by atoms with Crippen LogP contribution in [0.2, 0.25) is 10.0 Å². The molecule has 1 heterocycles. The third-order valence-corrected chi connectivity index (χ3v) is 5.50. The Morgan fingerprint density at radius 2 is 1.97 bits per heavy atom. The van der Waals surface area contributed by atoms with E-state index in [4.69, 9.17) is 33.2 Å². The van der Waals surface area contributed by atoms with Gasteiger partial charge in [0.05, 0.1) is 16.7 Å². The number of aryl methyl sites for hydroxylation is 1. The number of nitrogens with one attached hydrogen (secondary N) is 2. The second-order valence-electron chi connectivity index (χ2n) is 7.09. The van der Waals surface area contributed by atoms with E-state index in [1.807, 2.05) is 37.3 Å². The van der Waals surface area contributed by atoms with Gasteiger partial charge in [0.2, 0.25) is 0 Å². The minimum absolute atomic E-state index is 0.0440. The number of rotatable bonds is 5. The highest BCUT2D eigenvalue weighted by Gasteiger charge is 2.18. The molecule has 0 fully saturated rings. The maximum Gasteiger partial charge on any atom is 0.268 e. The van der Waals surface area contributed by atoms with E-state index in [0.29, 0.717) is 5.69 Å². The van der Waals surface area contributed by atoms with Crippen LogP contribution >= 0.6 is 23.2 Å². The number of H-pyrrole nitrogens is 1. The van der Waals surface area contributed by atoms with Crippen LogP contribution < -0.4 is 10.1 Å². The molecule has 0 spiro atoms. The van der Waals surface area contributed by atoms with Crippen LogP contribution in [0.25, 0.3) is 10.9 Å². The minimum Gasteiger partial charge on any atom is -0.453 e. The number of fused-ring (bicyclic) bond motifs is 1. The SMILES string of the molecule is Cc1c(C(=O)NCc2ccc(Cl)c(Oc3cc(Cl)cc(C#N)c3)c2F)[nH]c2ccccc12. The number of carbonyl (C=O) groups excluding carboxylic acids is 1. The highest BCUT2D eigenvalue weighted by atomic mass is 35.5. The summed E-state index contributed by atoms with van der Waals surface area (Å²) in [6.07, 6.45) is 0. The summed E-state index contributed by atoms with van der Waals surface area (Å²) in [5.41, 5.74) is 2.53. The van der Waals surface area contributed by atoms with Crippen LogP contribution in [0.3, 0.4) is 0 Å². The molecule has 0 saturated heterocycles. The van der Waals surface area contributed by atoms with Gasteiger partial charge < -0.3 is 15.0 Å². The van der Waals surface area contributed by atoms with Crippen LogP contribution in [0, 0.1) is 24.1 Å². The molecular weight excluding hydrogens is 452 g/mol. The fourth-order valence-corrected chi connectivity index (χ4v) is 3.79. The first-order valence-corrected chi connectivity index (χ1v) is 10.3. The highest BCUT2D eigenvalue weighted by molar-refractivity contribution is 6.32. The van der Waals surface area contributed by atoms with Crippen LogP contribution in [0.5, 0.6) is 11.5 Å². The third-order valence-electron chi connectivity index (χ3n) is 4.98. The van der Waals surface area contributed by atoms with Gasteiger partial charge in [-0.3, -0.25) is 4.79 Å². The molecule has 4 rings (SSSR count). The van der Waals surface area contributed by atoms with Gasteiger partial charge in [-0.05, 0) is 42.8 Å². The van der Waals surface area contributed by atoms with Gasteiger partial charge in [-0.15, -0.1) is 0 Å². The first kappa shape index (κ1) is 21.7. The summed E-state index contributed by atoms with van der Waals surface area (Å²) >= 11 is 12.1. The highest BCUT2D eigenvalue weighted by Crippen LogP contribution is 2.35. The molecule has 2 N–H and O–H groups in total. The van der Waals surface area contributed by atoms with Crippen molar-refractivity contribution in [1.29, 1.82) is 5.26 Å². The van der Waals surface area contributed by atoms with Gasteiger partial charge in [-0.25, -0.2) is 4.39 Å². The van der Waals surface area contributed by atoms with Crippen molar-refractivity contribution in [2.45, 2.75) is 13.5 Å². The number of halogens is 3. The topological polar surface area (TPSA) is 77.9 Å². The van der Waals surface area contributed by atoms with E-state index in [1.165, 1.54) is 30.3 Å². The van der Waals surface area contributed by atoms with Gasteiger partial charge in [-0.2, -0.15) is 5.26 Å². The van der Waals surface area contributed by atoms with E-state index in [-0.39, 0.29) is 45.1 Å². The molecule has 1 aromatic heterocycles. The van der Waals surface area contributed by atoms with E-state index in [2.05, 4.69) is 10.3 Å². The Kier molecular flexibility index (Phi) is 6.04. The maximum atomic E-state index is 15.1. The molecule has 0 aliphatic rings. The van der Waals surface area contributed by atoms with Crippen molar-refractivity contribution in [3.05, 3.63) is 92.8 Å². The summed E-state index contributed by atoms with van der Waals surface area (Å²) < 4.78 is 20.7. The summed E-state index contributed by atoms with van der Waals surface area (Å²) in [5.74, 6) is -1.12. The standard InChI is InChI=1S/C24H16Cl2FN3O2/c1-13-18-4-2-3-5-20(18)30-22(13)24(31)29-12-15-6-7-19(26)23(21(15)27)32-17-9-14(11-28)8-16(25)10-17/h2-10,30H,12H2,1H3,(H,29,31). The molecule has 0 bridgehead atoms. The lowest BCUT2D eigenvalue weighted by atomic mass is 10.1. The fourth-order valence-electron chi connectivity index (χ4n) is 3.38. The average molecular weight is 468 g/mol. The summed E-state index contributed by atoms with van der Waals surface area (Å²) in [4.78, 5) is 15.8. The number of ether oxygens (including phenoxy) is 1. The number of para-hydroxylation sites is 1. The number of aromatic amines is 1. The molecule has 160 valence electrons. The van der Waals surface area contributed by atoms with E-state index >= 15 is 4.39 Å². The molecule has 32 heavy (non-hydrogen) atoms. The number of hydrogen-bond donors (Lipinski definition) is 2. The predicted octanol–water partition coefficient (Wildman–Crippen LogP) is 6.52. The Morgan fingerprint density at radius 1 is 1.19 bits per heavy atom. The molecule has 0 atom stereocenters. The van der Waals surface area contributed by atoms with Crippen LogP contribution in [-0.4, -0.2) is 10.9 Å². The van der Waals surface area contributed by atoms with Crippen LogP contribution in [0.15, 0.2) is 54.6 Å². The monoisotopic (exact) mass is 467 g/mol. The number of nitriles is 1. The minimum atomic E-state index is -0.718. The number of benzene rings is 3. The number of aromatic nitrogens is 1. The lowest BCUT2D eigenvalue weighted by Crippen LogP contribution is -2.24. The van der Waals surface area contributed by atoms with Crippen molar-refractivity contribution in [3.63, 3.8) is 0 Å². The van der Waals surface area contributed by atoms with Gasteiger partial charge in [0.25, 0.3) is 5.91 Å². The largest absolute Gasteiger partial charge is 0.453 e. The smallest absolute Gasteiger partial charge is 0.268 e. The van der Waals surface area contributed by atoms with Crippen molar-refractivity contribution in [3.8, 4) is 17.6 Å². The fraction of sp³-hybridized carbons (Fsp3) is 0.0833. The Morgan fingerprint density at radius 3 is 2.72 bits per heavy atom. The first-order chi connectivity index (χ1) is 15.4. The maximum absolute atomic E-state index is 15.1. The zero-order valence-electron chi connectivity index (χ0n) is 16.8. The first-order valence-electron chi connectivity index (χ1n) is 9.58. The molecule has 0 aliphatic carbocycles. The molecule has 4 aromatic rings. The van der Waals surface area contributed by atoms with Crippen molar-refractivity contribution >= 4 is 40.0 Å². The second-order valence-corrected chi connectivity index (χ2v) is 7.94. The van der Waals surface area contributed by atoms with Gasteiger partial charge in [0.1, 0.15) is 11.4 Å². The van der Waals surface area contributed by atoms with Crippen molar-refractivity contribution < 1.29 is 13.9 Å². The average Bonchev–Trinajstić information content (AvgIpc) is 3.12. The summed E-state index contributed by atoms with van der Waals surface area (Å²) in [6.45, 7) is 1.77. The molecular formula is C24H16Cl2FN3O2. The number of nitrogens with zero attached hydrogens (tertiary/aromatic N) is 1. The number of hydrogen-bond acceptors (Lipinski definition) is 3. The lowest BCUT2D eigenvalue weighted by molar-refractivity contribution is 0.0945. The number of amides is 1. The van der Waals surface area contributed by atoms with Crippen LogP contribution in [-0.2, 0) is 6.54 Å². The molecule has 1 amide bonds. The summed E-state index contributed by atoms with van der Waals surface area (Å²) in [5, 5.41) is 13.1. The molecule has 5 nitrogen and oxygen atoms in total. The lowest BCUT2D eigenvalue weighted by Gasteiger charge is -2.13. The Hall–Kier alpha value is -3.53. The van der Waals surface area contributed by atoms with Gasteiger partial charge >= 0.3 is 0 Å². The quantitative estimate of drug-likeness (QED) is 0.350. The molecule has 0 unspecified atom stereocenters. The predicted molar refractivity (Wildman–Crippen MR) is 122 cm³/mol. The van der Waals surface area contributed by atoms with Gasteiger partial charge in [-0.1, -0.05) is 47.5 Å². The van der Waals surface area contributed by atoms with Crippen LogP contribution in [0.1, 0.15) is 27.2 Å². The van der Waals surface area contributed by atoms with Gasteiger partial charge in [0, 0.05) is 28.0 Å². The molecule has 0 saturated carbocycles.